The number of hydrogen-bond acceptors (Lipinski definition) is 4. The van der Waals surface area contributed by atoms with E-state index in [2.05, 4.69) is 0 Å². The van der Waals surface area contributed by atoms with Crippen LogP contribution in [0.5, 0.6) is 11.5 Å². The van der Waals surface area contributed by atoms with Gasteiger partial charge in [0.25, 0.3) is 0 Å². The first-order valence-corrected chi connectivity index (χ1v) is 6.03. The number of carboxylic acids is 1. The van der Waals surface area contributed by atoms with Gasteiger partial charge in [0, 0.05) is 18.0 Å². The molecule has 0 saturated heterocycles. The number of nitrogen functional groups attached to an aromatic ring is 1. The van der Waals surface area contributed by atoms with Crippen molar-refractivity contribution in [3.63, 3.8) is 0 Å². The number of rotatable bonds is 7. The SMILES string of the molecule is COc1cc(C(=O)O)c(N)cc1OCCCCCl. The molecule has 1 aromatic rings. The number of anilines is 1. The fraction of sp³-hybridized carbons (Fsp3) is 0.417. The Morgan fingerprint density at radius 2 is 2.11 bits per heavy atom. The molecule has 0 aromatic heterocycles. The molecular formula is C12H16ClNO4. The lowest BCUT2D eigenvalue weighted by Gasteiger charge is -2.12. The molecule has 0 aliphatic heterocycles. The highest BCUT2D eigenvalue weighted by molar-refractivity contribution is 6.17. The summed E-state index contributed by atoms with van der Waals surface area (Å²) in [5.74, 6) is 0.280. The number of unbranched alkanes of at least 4 members (excludes halogenated alkanes) is 1. The molecular weight excluding hydrogens is 258 g/mol. The molecule has 18 heavy (non-hydrogen) atoms. The van der Waals surface area contributed by atoms with E-state index >= 15 is 0 Å². The van der Waals surface area contributed by atoms with Gasteiger partial charge >= 0.3 is 5.97 Å². The van der Waals surface area contributed by atoms with Gasteiger partial charge in [-0.2, -0.15) is 0 Å². The van der Waals surface area contributed by atoms with Crippen LogP contribution >= 0.6 is 11.6 Å². The van der Waals surface area contributed by atoms with Crippen LogP contribution in [-0.2, 0) is 0 Å². The summed E-state index contributed by atoms with van der Waals surface area (Å²) in [5, 5.41) is 8.93. The van der Waals surface area contributed by atoms with E-state index in [0.29, 0.717) is 24.0 Å². The topological polar surface area (TPSA) is 81.8 Å². The summed E-state index contributed by atoms with van der Waals surface area (Å²) in [4.78, 5) is 10.9. The quantitative estimate of drug-likeness (QED) is 0.453. The predicted octanol–water partition coefficient (Wildman–Crippen LogP) is 2.37. The van der Waals surface area contributed by atoms with E-state index in [1.807, 2.05) is 0 Å². The zero-order chi connectivity index (χ0) is 13.5. The number of alkyl halides is 1. The molecule has 0 spiro atoms. The minimum atomic E-state index is -1.10. The number of ether oxygens (including phenoxy) is 2. The lowest BCUT2D eigenvalue weighted by atomic mass is 10.1. The zero-order valence-corrected chi connectivity index (χ0v) is 10.9. The maximum atomic E-state index is 10.9. The van der Waals surface area contributed by atoms with Crippen LogP contribution in [0, 0.1) is 0 Å². The van der Waals surface area contributed by atoms with Crippen molar-refractivity contribution in [3.05, 3.63) is 17.7 Å². The summed E-state index contributed by atoms with van der Waals surface area (Å²) in [6, 6.07) is 2.82. The number of carbonyl (C=O) groups is 1. The summed E-state index contributed by atoms with van der Waals surface area (Å²) in [6.45, 7) is 0.481. The summed E-state index contributed by atoms with van der Waals surface area (Å²) >= 11 is 5.56. The highest BCUT2D eigenvalue weighted by atomic mass is 35.5. The molecule has 0 aliphatic carbocycles. The van der Waals surface area contributed by atoms with Crippen molar-refractivity contribution in [1.82, 2.24) is 0 Å². The lowest BCUT2D eigenvalue weighted by Crippen LogP contribution is -2.06. The second kappa shape index (κ2) is 6.96. The Hall–Kier alpha value is -1.62. The van der Waals surface area contributed by atoms with Gasteiger partial charge in [-0.15, -0.1) is 11.6 Å². The highest BCUT2D eigenvalue weighted by Crippen LogP contribution is 2.32. The lowest BCUT2D eigenvalue weighted by molar-refractivity contribution is 0.0697. The number of nitrogens with two attached hydrogens (primary N) is 1. The van der Waals surface area contributed by atoms with E-state index in [0.717, 1.165) is 12.8 Å². The largest absolute Gasteiger partial charge is 0.493 e. The predicted molar refractivity (Wildman–Crippen MR) is 69.8 cm³/mol. The van der Waals surface area contributed by atoms with Gasteiger partial charge < -0.3 is 20.3 Å². The van der Waals surface area contributed by atoms with E-state index in [-0.39, 0.29) is 11.3 Å². The van der Waals surface area contributed by atoms with Crippen molar-refractivity contribution < 1.29 is 19.4 Å². The van der Waals surface area contributed by atoms with Gasteiger partial charge in [0.2, 0.25) is 0 Å². The summed E-state index contributed by atoms with van der Waals surface area (Å²) in [6.07, 6.45) is 1.67. The van der Waals surface area contributed by atoms with Crippen LogP contribution in [-0.4, -0.2) is 30.7 Å². The van der Waals surface area contributed by atoms with Crippen LogP contribution in [0.2, 0.25) is 0 Å². The van der Waals surface area contributed by atoms with E-state index in [1.165, 1.54) is 19.2 Å². The molecule has 0 saturated carbocycles. The van der Waals surface area contributed by atoms with Gasteiger partial charge in [-0.05, 0) is 12.8 Å². The fourth-order valence-electron chi connectivity index (χ4n) is 1.41. The first kappa shape index (κ1) is 14.4. The summed E-state index contributed by atoms with van der Waals surface area (Å²) in [7, 11) is 1.45. The smallest absolute Gasteiger partial charge is 0.337 e. The average Bonchev–Trinajstić information content (AvgIpc) is 2.34. The van der Waals surface area contributed by atoms with Crippen molar-refractivity contribution in [2.45, 2.75) is 12.8 Å². The molecule has 1 rings (SSSR count). The van der Waals surface area contributed by atoms with Crippen LogP contribution < -0.4 is 15.2 Å². The first-order valence-electron chi connectivity index (χ1n) is 5.49. The third-order valence-electron chi connectivity index (χ3n) is 2.35. The maximum Gasteiger partial charge on any atom is 0.337 e. The first-order chi connectivity index (χ1) is 8.60. The van der Waals surface area contributed by atoms with Crippen LogP contribution in [0.3, 0.4) is 0 Å². The Balaban J connectivity index is 2.84. The molecule has 0 bridgehead atoms. The van der Waals surface area contributed by atoms with Crippen LogP contribution in [0.15, 0.2) is 12.1 Å². The molecule has 0 fully saturated rings. The third kappa shape index (κ3) is 3.70. The third-order valence-corrected chi connectivity index (χ3v) is 2.62. The normalized spacial score (nSPS) is 10.1. The molecule has 0 aliphatic rings. The molecule has 1 aromatic carbocycles. The van der Waals surface area contributed by atoms with E-state index in [1.54, 1.807) is 0 Å². The van der Waals surface area contributed by atoms with Gasteiger partial charge in [0.05, 0.1) is 25.0 Å². The van der Waals surface area contributed by atoms with Crippen molar-refractivity contribution >= 4 is 23.3 Å². The molecule has 5 nitrogen and oxygen atoms in total. The van der Waals surface area contributed by atoms with E-state index < -0.39 is 5.97 Å². The Labute approximate surface area is 110 Å². The van der Waals surface area contributed by atoms with Crippen LogP contribution in [0.25, 0.3) is 0 Å². The Kier molecular flexibility index (Phi) is 5.58. The number of halogens is 1. The van der Waals surface area contributed by atoms with Gasteiger partial charge in [-0.25, -0.2) is 4.79 Å². The molecule has 6 heteroatoms. The number of methoxy groups -OCH3 is 1. The highest BCUT2D eigenvalue weighted by Gasteiger charge is 2.14. The molecule has 0 heterocycles. The van der Waals surface area contributed by atoms with Crippen molar-refractivity contribution in [3.8, 4) is 11.5 Å². The van der Waals surface area contributed by atoms with Crippen molar-refractivity contribution in [2.75, 3.05) is 25.3 Å². The average molecular weight is 274 g/mol. The number of carboxylic acid groups (broad SMARTS) is 1. The van der Waals surface area contributed by atoms with Gasteiger partial charge in [0.15, 0.2) is 11.5 Å². The molecule has 0 unspecified atom stereocenters. The van der Waals surface area contributed by atoms with Crippen molar-refractivity contribution in [1.29, 1.82) is 0 Å². The second-order valence-corrected chi connectivity index (χ2v) is 4.02. The monoisotopic (exact) mass is 273 g/mol. The van der Waals surface area contributed by atoms with Gasteiger partial charge in [-0.1, -0.05) is 0 Å². The van der Waals surface area contributed by atoms with Crippen LogP contribution in [0.1, 0.15) is 23.2 Å². The molecule has 0 radical (unpaired) electrons. The number of hydrogen-bond donors (Lipinski definition) is 2. The van der Waals surface area contributed by atoms with Crippen LogP contribution in [0.4, 0.5) is 5.69 Å². The molecule has 3 N–H and O–H groups in total. The minimum Gasteiger partial charge on any atom is -0.493 e. The van der Waals surface area contributed by atoms with E-state index in [4.69, 9.17) is 31.9 Å². The number of aromatic carboxylic acids is 1. The fourth-order valence-corrected chi connectivity index (χ4v) is 1.60. The van der Waals surface area contributed by atoms with Gasteiger partial charge in [-0.3, -0.25) is 0 Å². The number of benzene rings is 1. The van der Waals surface area contributed by atoms with Crippen molar-refractivity contribution in [2.24, 2.45) is 0 Å². The Bertz CT molecular complexity index is 423. The molecule has 100 valence electrons. The second-order valence-electron chi connectivity index (χ2n) is 3.64. The maximum absolute atomic E-state index is 10.9. The summed E-state index contributed by atoms with van der Waals surface area (Å²) in [5.41, 5.74) is 5.79. The summed E-state index contributed by atoms with van der Waals surface area (Å²) < 4.78 is 10.6. The minimum absolute atomic E-state index is 0.0000387. The van der Waals surface area contributed by atoms with Gasteiger partial charge in [0.1, 0.15) is 0 Å². The van der Waals surface area contributed by atoms with E-state index in [9.17, 15) is 4.79 Å². The molecule has 0 atom stereocenters. The zero-order valence-electron chi connectivity index (χ0n) is 10.1. The molecule has 0 amide bonds. The Morgan fingerprint density at radius 3 is 2.67 bits per heavy atom. The Morgan fingerprint density at radius 1 is 1.39 bits per heavy atom. The standard InChI is InChI=1S/C12H16ClNO4/c1-17-10-6-8(12(15)16)9(14)7-11(10)18-5-3-2-4-13/h6-7H,2-5,14H2,1H3,(H,15,16).